The zero-order chi connectivity index (χ0) is 76.4. The minimum Gasteiger partial charge on any atom is -0.508 e. The third-order valence-electron chi connectivity index (χ3n) is 9.31. The summed E-state index contributed by atoms with van der Waals surface area (Å²) in [6, 6.07) is 37.7. The molecule has 0 amide bonds. The van der Waals surface area contributed by atoms with Gasteiger partial charge in [-0.15, -0.1) is 10.2 Å². The van der Waals surface area contributed by atoms with Crippen LogP contribution in [0.15, 0.2) is 176 Å². The van der Waals surface area contributed by atoms with Crippen LogP contribution < -0.4 is 9.47 Å². The summed E-state index contributed by atoms with van der Waals surface area (Å²) in [7, 11) is 29.4. The maximum Gasteiger partial charge on any atom is 0.360 e. The van der Waals surface area contributed by atoms with Crippen LogP contribution >= 0.6 is 111 Å². The van der Waals surface area contributed by atoms with Crippen LogP contribution in [0.4, 0.5) is 0 Å². The third-order valence-corrected chi connectivity index (χ3v) is 14.4. The zero-order valence-electron chi connectivity index (χ0n) is 52.4. The molecule has 0 spiro atoms. The Hall–Kier alpha value is -6.87. The number of phenols is 2. The highest BCUT2D eigenvalue weighted by atomic mass is 79.9. The van der Waals surface area contributed by atoms with Gasteiger partial charge in [0.25, 0.3) is 5.88 Å². The summed E-state index contributed by atoms with van der Waals surface area (Å²) in [4.78, 5) is 71.7. The van der Waals surface area contributed by atoms with Crippen LogP contribution in [0.2, 0.25) is 10.2 Å². The number of halogens is 6. The highest BCUT2D eigenvalue weighted by molar-refractivity contribution is 9.11. The van der Waals surface area contributed by atoms with Gasteiger partial charge in [0.15, 0.2) is 41.9 Å². The van der Waals surface area contributed by atoms with E-state index in [1.807, 2.05) is 24.3 Å². The molecule has 102 heavy (non-hydrogen) atoms. The highest BCUT2D eigenvalue weighted by Crippen LogP contribution is 2.27. The number of phenolic OH excluding ortho intramolecular Hbond substituents is 2. The van der Waals surface area contributed by atoms with E-state index in [1.54, 1.807) is 111 Å². The molecule has 4 heterocycles. The molecule has 8 rings (SSSR count). The van der Waals surface area contributed by atoms with Gasteiger partial charge < -0.3 is 47.7 Å². The fourth-order valence-electron chi connectivity index (χ4n) is 4.95. The van der Waals surface area contributed by atoms with Crippen molar-refractivity contribution in [1.82, 2.24) is 30.4 Å². The van der Waals surface area contributed by atoms with Gasteiger partial charge in [-0.1, -0.05) is 102 Å². The van der Waals surface area contributed by atoms with E-state index < -0.39 is 62.6 Å². The molecular formula is C58H56B10Br4Cl2N6O18S4. The second-order valence-electron chi connectivity index (χ2n) is 16.9. The van der Waals surface area contributed by atoms with Crippen LogP contribution in [0.5, 0.6) is 34.6 Å². The summed E-state index contributed by atoms with van der Waals surface area (Å²) in [5.74, 6) is 0.280. The zero-order valence-corrected chi connectivity index (χ0v) is 63.6. The molecule has 0 saturated carbocycles. The number of pyridine rings is 2. The molecule has 8 aromatic rings. The number of methoxy groups -OCH3 is 2. The van der Waals surface area contributed by atoms with Crippen molar-refractivity contribution in [2.75, 3.05) is 27.4 Å². The highest BCUT2D eigenvalue weighted by Gasteiger charge is 2.17. The molecular weight excluding hydrogens is 1700 g/mol. The number of carbonyl (C=O) groups is 6. The summed E-state index contributed by atoms with van der Waals surface area (Å²) in [6.45, 7) is 4.07. The van der Waals surface area contributed by atoms with E-state index in [2.05, 4.69) is 151 Å². The molecule has 44 heteroatoms. The summed E-state index contributed by atoms with van der Waals surface area (Å²) >= 11 is 32.1. The van der Waals surface area contributed by atoms with Gasteiger partial charge in [0.05, 0.1) is 44.8 Å². The van der Waals surface area contributed by atoms with Crippen molar-refractivity contribution in [3.05, 3.63) is 209 Å². The van der Waals surface area contributed by atoms with Crippen LogP contribution in [0.1, 0.15) is 70.4 Å². The lowest BCUT2D eigenvalue weighted by atomic mass is 8.81. The molecule has 4 aromatic carbocycles. The fraction of sp³-hybridized carbons (Fsp3) is 0.138. The number of rotatable bonds is 13. The molecule has 4 N–H and O–H groups in total. The summed E-state index contributed by atoms with van der Waals surface area (Å²) < 4.78 is 72.6. The van der Waals surface area contributed by atoms with Gasteiger partial charge in [-0.3, -0.25) is 9.59 Å². The normalized spacial score (nSPS) is 10.1. The number of esters is 4. The number of carbonyl (C=O) groups excluding carboxylic acids is 6. The molecule has 0 aliphatic heterocycles. The lowest BCUT2D eigenvalue weighted by molar-refractivity contribution is 0.0514. The van der Waals surface area contributed by atoms with Gasteiger partial charge in [0.1, 0.15) is 34.1 Å². The number of aromatic hydroxyl groups is 2. The van der Waals surface area contributed by atoms with Crippen molar-refractivity contribution in [1.29, 1.82) is 0 Å². The summed E-state index contributed by atoms with van der Waals surface area (Å²) in [5, 5.41) is 32.4. The molecule has 2 atom stereocenters. The number of nitrogens with zero attached hydrogens (tertiary/aromatic N) is 6. The predicted octanol–water partition coefficient (Wildman–Crippen LogP) is 10.8. The molecule has 24 nitrogen and oxygen atoms in total. The van der Waals surface area contributed by atoms with Gasteiger partial charge in [-0.05, 0) is 172 Å². The Labute approximate surface area is 657 Å². The Balaban J connectivity index is -0.000000539. The van der Waals surface area contributed by atoms with E-state index >= 15 is 0 Å². The number of thiocarbonyl (C=S) groups is 2. The SMILES string of the molecule is C.C.CCOC(=O)c1ccnnc1Cl.CCOC(=O)c1ccnnc1Oc1ccc(Br)cc1.COC(=O)c1ncccc1Cl.COC(=O)c1ncccc1Oc1ccc(Br)cc1.O=CS(=O)(O)=C=S.O=CS(=O)(O)=C=S.Oc1ccc(Br)cc1.Oc1ccc(Br)cc1.[B]B([B])B([B])[B].[B]B([B])[B]. The minimum atomic E-state index is -3.52. The molecule has 0 saturated heterocycles. The molecule has 0 fully saturated rings. The van der Waals surface area contributed by atoms with E-state index in [0.717, 1.165) is 17.9 Å². The second-order valence-corrected chi connectivity index (χ2v) is 25.3. The van der Waals surface area contributed by atoms with E-state index in [-0.39, 0.29) is 59.6 Å². The molecule has 2 unspecified atom stereocenters. The molecule has 0 aliphatic rings. The lowest BCUT2D eigenvalue weighted by Crippen LogP contribution is -2.38. The largest absolute Gasteiger partial charge is 0.508 e. The third kappa shape index (κ3) is 48.9. The summed E-state index contributed by atoms with van der Waals surface area (Å²) in [6.07, 6.45) is 3.95. The number of hydrogen-bond donors (Lipinski definition) is 4. The van der Waals surface area contributed by atoms with Crippen LogP contribution in [-0.4, -0.2) is 203 Å². The first kappa shape index (κ1) is 101. The summed E-state index contributed by atoms with van der Waals surface area (Å²) in [5.41, 5.74) is 0.521. The maximum atomic E-state index is 11.7. The quantitative estimate of drug-likeness (QED) is 0.0274. The standard InChI is InChI=1S/C13H11BrN2O3.C13H10BrNO3.C7H7ClN2O2.C7H6ClNO2.2C6H5BrO.2C2H2O3S2.2CH4.B6.B4/c1-2-18-13(17)11-7-8-15-16-12(11)19-10-5-3-9(14)4-6-10;1-17-13(16)12-11(3-2-8-15-12)18-10-6-4-9(14)5-7-10;1-2-12-7(11)5-3-4-9-10-6(5)8;1-11-7(10)6-5(8)3-2-4-9-6;2*7-5-1-3-6(8)4-2-5;2*3-1-7(4,5)2-6;;;1-5(2)6(3)4;1-4(2)3/h3-8H,2H2,1H3;2-8H,1H3;3-4H,2H2,1H3;2-4H,1H3;2*1-4,8H;2*1H,(H,4,5);2*1H4;;. The monoisotopic (exact) mass is 1750 g/mol. The van der Waals surface area contributed by atoms with E-state index in [9.17, 15) is 37.2 Å². The van der Waals surface area contributed by atoms with E-state index in [0.29, 0.717) is 47.0 Å². The Kier molecular flexibility index (Phi) is 58.2. The lowest BCUT2D eigenvalue weighted by Gasteiger charge is -2.08. The molecule has 0 aliphatic carbocycles. The predicted molar refractivity (Wildman–Crippen MR) is 428 cm³/mol. The van der Waals surface area contributed by atoms with Gasteiger partial charge in [-0.25, -0.2) is 37.6 Å². The number of ether oxygens (including phenoxy) is 6. The van der Waals surface area contributed by atoms with Crippen LogP contribution in [-0.2, 0) is 48.1 Å². The van der Waals surface area contributed by atoms with Crippen molar-refractivity contribution in [2.45, 2.75) is 28.7 Å². The van der Waals surface area contributed by atoms with Crippen molar-refractivity contribution < 1.29 is 84.9 Å². The van der Waals surface area contributed by atoms with Gasteiger partial charge in [0.2, 0.25) is 11.2 Å². The Morgan fingerprint density at radius 2 is 0.873 bits per heavy atom. The van der Waals surface area contributed by atoms with E-state index in [1.165, 1.54) is 59.8 Å². The second kappa shape index (κ2) is 58.5. The van der Waals surface area contributed by atoms with Crippen molar-refractivity contribution in [3.8, 4) is 34.6 Å². The number of benzene rings is 4. The van der Waals surface area contributed by atoms with Gasteiger partial charge >= 0.3 is 23.9 Å². The van der Waals surface area contributed by atoms with Gasteiger partial charge in [-0.2, -0.15) is 10.2 Å². The average Bonchev–Trinajstić information content (AvgIpc) is 0.859. The molecule has 4 aromatic heterocycles. The van der Waals surface area contributed by atoms with Crippen molar-refractivity contribution >= 4 is 248 Å². The topological polar surface area (TPSA) is 350 Å². The first-order chi connectivity index (χ1) is 47.1. The first-order valence-corrected chi connectivity index (χ1v) is 34.6. The van der Waals surface area contributed by atoms with E-state index in [4.69, 9.17) is 92.4 Å². The average molecular weight is 1750 g/mol. The van der Waals surface area contributed by atoms with Gasteiger partial charge in [0, 0.05) is 112 Å². The first-order valence-electron chi connectivity index (χ1n) is 26.7. The smallest absolute Gasteiger partial charge is 0.360 e. The number of aromatic nitrogens is 6. The van der Waals surface area contributed by atoms with Crippen LogP contribution in [0.25, 0.3) is 0 Å². The Bertz CT molecular complexity index is 3980. The van der Waals surface area contributed by atoms with Crippen molar-refractivity contribution in [3.63, 3.8) is 0 Å². The Morgan fingerprint density at radius 1 is 0.529 bits per heavy atom. The molecule has 14 radical (unpaired) electrons. The molecule has 0 bridgehead atoms. The van der Waals surface area contributed by atoms with Crippen LogP contribution in [0, 0.1) is 0 Å². The minimum absolute atomic E-state index is 0. The van der Waals surface area contributed by atoms with Crippen LogP contribution in [0.3, 0.4) is 0 Å². The number of hydrogen-bond acceptors (Lipinski definition) is 24. The molecule has 522 valence electrons. The fourth-order valence-corrected chi connectivity index (χ4v) is 6.71. The van der Waals surface area contributed by atoms with Crippen molar-refractivity contribution in [2.24, 2.45) is 0 Å². The maximum absolute atomic E-state index is 11.7. The Morgan fingerprint density at radius 3 is 1.21 bits per heavy atom.